The summed E-state index contributed by atoms with van der Waals surface area (Å²) in [6.07, 6.45) is 3.27. The fourth-order valence-corrected chi connectivity index (χ4v) is 2.70. The molecular weight excluding hydrogens is 316 g/mol. The zero-order chi connectivity index (χ0) is 12.3. The van der Waals surface area contributed by atoms with Crippen molar-refractivity contribution in [1.82, 2.24) is 4.90 Å². The molecule has 1 unspecified atom stereocenters. The van der Waals surface area contributed by atoms with E-state index in [1.54, 1.807) is 0 Å². The number of piperidine rings is 1. The van der Waals surface area contributed by atoms with E-state index < -0.39 is 0 Å². The van der Waals surface area contributed by atoms with Crippen LogP contribution in [0.2, 0.25) is 0 Å². The molecule has 2 rings (SSSR count). The zero-order valence-corrected chi connectivity index (χ0v) is 12.5. The van der Waals surface area contributed by atoms with Gasteiger partial charge in [-0.25, -0.2) is 0 Å². The minimum atomic E-state index is 0. The first-order valence-electron chi connectivity index (χ1n) is 5.99. The molecular formula is C13H18BrClN2O. The molecule has 1 aliphatic heterocycles. The maximum atomic E-state index is 12.4. The molecule has 3 nitrogen and oxygen atoms in total. The second-order valence-corrected chi connectivity index (χ2v) is 5.31. The highest BCUT2D eigenvalue weighted by atomic mass is 79.9. The van der Waals surface area contributed by atoms with Crippen LogP contribution in [0.1, 0.15) is 29.6 Å². The lowest BCUT2D eigenvalue weighted by Crippen LogP contribution is -2.47. The molecule has 1 heterocycles. The lowest BCUT2D eigenvalue weighted by molar-refractivity contribution is 0.0623. The molecule has 1 amide bonds. The average Bonchev–Trinajstić information content (AvgIpc) is 2.38. The summed E-state index contributed by atoms with van der Waals surface area (Å²) in [7, 11) is 0. The van der Waals surface area contributed by atoms with Crippen molar-refractivity contribution < 1.29 is 4.79 Å². The third-order valence-electron chi connectivity index (χ3n) is 3.23. The van der Waals surface area contributed by atoms with Gasteiger partial charge in [0, 0.05) is 29.2 Å². The molecule has 0 saturated carbocycles. The van der Waals surface area contributed by atoms with E-state index >= 15 is 0 Å². The van der Waals surface area contributed by atoms with Gasteiger partial charge in [0.05, 0.1) is 0 Å². The van der Waals surface area contributed by atoms with E-state index in [0.29, 0.717) is 6.54 Å². The van der Waals surface area contributed by atoms with Crippen molar-refractivity contribution in [1.29, 1.82) is 0 Å². The molecule has 1 fully saturated rings. The highest BCUT2D eigenvalue weighted by molar-refractivity contribution is 9.10. The van der Waals surface area contributed by atoms with Crippen molar-refractivity contribution in [3.8, 4) is 0 Å². The first-order chi connectivity index (χ1) is 8.22. The number of rotatable bonds is 2. The molecule has 0 bridgehead atoms. The van der Waals surface area contributed by atoms with Crippen LogP contribution in [-0.2, 0) is 0 Å². The van der Waals surface area contributed by atoms with Crippen molar-refractivity contribution in [2.45, 2.75) is 25.3 Å². The van der Waals surface area contributed by atoms with E-state index in [1.807, 2.05) is 29.2 Å². The standard InChI is InChI=1S/C13H17BrN2O.ClH/c14-11-5-3-4-10(8-11)13(17)16-7-2-1-6-12(16)9-15;/h3-5,8,12H,1-2,6-7,9,15H2;1H. The van der Waals surface area contributed by atoms with Crippen molar-refractivity contribution in [2.24, 2.45) is 5.73 Å². The number of carbonyl (C=O) groups excluding carboxylic acids is 1. The first-order valence-corrected chi connectivity index (χ1v) is 6.78. The maximum absolute atomic E-state index is 12.4. The summed E-state index contributed by atoms with van der Waals surface area (Å²) >= 11 is 3.39. The van der Waals surface area contributed by atoms with E-state index in [-0.39, 0.29) is 24.4 Å². The maximum Gasteiger partial charge on any atom is 0.254 e. The SMILES string of the molecule is Cl.NCC1CCCCN1C(=O)c1cccc(Br)c1. The second kappa shape index (κ2) is 7.12. The third kappa shape index (κ3) is 3.46. The Kier molecular flexibility index (Phi) is 6.12. The van der Waals surface area contributed by atoms with Gasteiger partial charge in [0.2, 0.25) is 0 Å². The van der Waals surface area contributed by atoms with E-state index in [1.165, 1.54) is 6.42 Å². The summed E-state index contributed by atoms with van der Waals surface area (Å²) in [6, 6.07) is 7.74. The van der Waals surface area contributed by atoms with E-state index in [0.717, 1.165) is 29.4 Å². The molecule has 18 heavy (non-hydrogen) atoms. The van der Waals surface area contributed by atoms with E-state index in [4.69, 9.17) is 5.73 Å². The Bertz CT molecular complexity index is 414. The van der Waals surface area contributed by atoms with Crippen LogP contribution in [0.25, 0.3) is 0 Å². The topological polar surface area (TPSA) is 46.3 Å². The highest BCUT2D eigenvalue weighted by Crippen LogP contribution is 2.20. The van der Waals surface area contributed by atoms with Crippen molar-refractivity contribution in [3.05, 3.63) is 34.3 Å². The van der Waals surface area contributed by atoms with Gasteiger partial charge in [-0.3, -0.25) is 4.79 Å². The fraction of sp³-hybridized carbons (Fsp3) is 0.462. The van der Waals surface area contributed by atoms with Crippen LogP contribution in [0.4, 0.5) is 0 Å². The van der Waals surface area contributed by atoms with Crippen LogP contribution >= 0.6 is 28.3 Å². The van der Waals surface area contributed by atoms with Crippen molar-refractivity contribution >= 4 is 34.2 Å². The molecule has 1 aromatic rings. The number of halogens is 2. The summed E-state index contributed by atoms with van der Waals surface area (Å²) in [6.45, 7) is 1.38. The monoisotopic (exact) mass is 332 g/mol. The first kappa shape index (κ1) is 15.5. The molecule has 1 atom stereocenters. The van der Waals surface area contributed by atoms with Gasteiger partial charge in [-0.1, -0.05) is 22.0 Å². The van der Waals surface area contributed by atoms with Gasteiger partial charge in [0.15, 0.2) is 0 Å². The van der Waals surface area contributed by atoms with Gasteiger partial charge in [-0.15, -0.1) is 12.4 Å². The number of nitrogens with two attached hydrogens (primary N) is 1. The normalized spacial score (nSPS) is 19.2. The Hall–Kier alpha value is -0.580. The molecule has 0 aliphatic carbocycles. The summed E-state index contributed by atoms with van der Waals surface area (Å²) < 4.78 is 0.935. The number of carbonyl (C=O) groups is 1. The predicted octanol–water partition coefficient (Wildman–Crippen LogP) is 2.82. The van der Waals surface area contributed by atoms with Crippen molar-refractivity contribution in [3.63, 3.8) is 0 Å². The smallest absolute Gasteiger partial charge is 0.254 e. The largest absolute Gasteiger partial charge is 0.334 e. The molecule has 1 aliphatic rings. The Labute approximate surface area is 122 Å². The summed E-state index contributed by atoms with van der Waals surface area (Å²) in [5, 5.41) is 0. The van der Waals surface area contributed by atoms with Gasteiger partial charge in [0.1, 0.15) is 0 Å². The number of likely N-dealkylation sites (tertiary alicyclic amines) is 1. The Morgan fingerprint density at radius 3 is 2.89 bits per heavy atom. The number of hydrogen-bond donors (Lipinski definition) is 1. The summed E-state index contributed by atoms with van der Waals surface area (Å²) in [4.78, 5) is 14.3. The number of hydrogen-bond acceptors (Lipinski definition) is 2. The predicted molar refractivity (Wildman–Crippen MR) is 79.1 cm³/mol. The molecule has 5 heteroatoms. The van der Waals surface area contributed by atoms with E-state index in [2.05, 4.69) is 15.9 Å². The quantitative estimate of drug-likeness (QED) is 0.904. The van der Waals surface area contributed by atoms with Crippen LogP contribution in [-0.4, -0.2) is 29.9 Å². The fourth-order valence-electron chi connectivity index (χ4n) is 2.30. The van der Waals surface area contributed by atoms with Crippen LogP contribution in [0, 0.1) is 0 Å². The van der Waals surface area contributed by atoms with Crippen LogP contribution < -0.4 is 5.73 Å². The summed E-state index contributed by atoms with van der Waals surface area (Å²) in [5.41, 5.74) is 6.47. The Morgan fingerprint density at radius 1 is 1.44 bits per heavy atom. The molecule has 2 N–H and O–H groups in total. The number of nitrogens with zero attached hydrogens (tertiary/aromatic N) is 1. The minimum Gasteiger partial charge on any atom is -0.334 e. The van der Waals surface area contributed by atoms with Gasteiger partial charge in [0.25, 0.3) is 5.91 Å². The van der Waals surface area contributed by atoms with Crippen molar-refractivity contribution in [2.75, 3.05) is 13.1 Å². The summed E-state index contributed by atoms with van der Waals surface area (Å²) in [5.74, 6) is 0.0986. The molecule has 100 valence electrons. The second-order valence-electron chi connectivity index (χ2n) is 4.39. The lowest BCUT2D eigenvalue weighted by Gasteiger charge is -2.35. The minimum absolute atomic E-state index is 0. The molecule has 0 spiro atoms. The molecule has 0 radical (unpaired) electrons. The highest BCUT2D eigenvalue weighted by Gasteiger charge is 2.26. The van der Waals surface area contributed by atoms with Crippen LogP contribution in [0.5, 0.6) is 0 Å². The van der Waals surface area contributed by atoms with Gasteiger partial charge < -0.3 is 10.6 Å². The number of benzene rings is 1. The lowest BCUT2D eigenvalue weighted by atomic mass is 10.0. The average molecular weight is 334 g/mol. The van der Waals surface area contributed by atoms with Crippen LogP contribution in [0.15, 0.2) is 28.7 Å². The Balaban J connectivity index is 0.00000162. The molecule has 1 aromatic carbocycles. The third-order valence-corrected chi connectivity index (χ3v) is 3.72. The van der Waals surface area contributed by atoms with Gasteiger partial charge >= 0.3 is 0 Å². The molecule has 0 aromatic heterocycles. The molecule has 1 saturated heterocycles. The van der Waals surface area contributed by atoms with Gasteiger partial charge in [-0.2, -0.15) is 0 Å². The Morgan fingerprint density at radius 2 is 2.22 bits per heavy atom. The van der Waals surface area contributed by atoms with Crippen LogP contribution in [0.3, 0.4) is 0 Å². The number of amides is 1. The van der Waals surface area contributed by atoms with Gasteiger partial charge in [-0.05, 0) is 37.5 Å². The van der Waals surface area contributed by atoms with E-state index in [9.17, 15) is 4.79 Å². The zero-order valence-electron chi connectivity index (χ0n) is 10.1.